The molecule has 0 bridgehead atoms. The Balaban J connectivity index is 1.89. The maximum absolute atomic E-state index is 12.9. The number of pyridine rings is 1. The number of rotatable bonds is 2. The van der Waals surface area contributed by atoms with Crippen LogP contribution in [0.4, 0.5) is 4.39 Å². The lowest BCUT2D eigenvalue weighted by molar-refractivity contribution is -0.0263. The lowest BCUT2D eigenvalue weighted by Gasteiger charge is -2.26. The van der Waals surface area contributed by atoms with Gasteiger partial charge >= 0.3 is 0 Å². The first-order valence-electron chi connectivity index (χ1n) is 6.44. The van der Waals surface area contributed by atoms with E-state index in [0.717, 1.165) is 17.9 Å². The van der Waals surface area contributed by atoms with Crippen LogP contribution in [0.3, 0.4) is 0 Å². The summed E-state index contributed by atoms with van der Waals surface area (Å²) in [6.45, 7) is 5.61. The highest BCUT2D eigenvalue weighted by Gasteiger charge is 2.23. The molecular weight excluding hydrogens is 245 g/mol. The molecule has 2 aromatic heterocycles. The number of hydrogen-bond donors (Lipinski definition) is 0. The van der Waals surface area contributed by atoms with E-state index in [1.807, 2.05) is 10.7 Å². The van der Waals surface area contributed by atoms with Crippen LogP contribution in [0.2, 0.25) is 0 Å². The molecule has 1 aliphatic rings. The van der Waals surface area contributed by atoms with Crippen LogP contribution in [0.15, 0.2) is 24.4 Å². The van der Waals surface area contributed by atoms with Crippen molar-refractivity contribution < 1.29 is 9.13 Å². The van der Waals surface area contributed by atoms with E-state index >= 15 is 0 Å². The molecule has 3 rings (SSSR count). The van der Waals surface area contributed by atoms with Crippen LogP contribution in [-0.4, -0.2) is 20.9 Å². The Morgan fingerprint density at radius 1 is 1.37 bits per heavy atom. The molecule has 0 amide bonds. The van der Waals surface area contributed by atoms with Gasteiger partial charge in [-0.1, -0.05) is 13.8 Å². The molecule has 0 saturated heterocycles. The van der Waals surface area contributed by atoms with Gasteiger partial charge in [-0.2, -0.15) is 5.10 Å². The van der Waals surface area contributed by atoms with Crippen molar-refractivity contribution in [1.29, 1.82) is 0 Å². The molecule has 0 N–H and O–H groups in total. The summed E-state index contributed by atoms with van der Waals surface area (Å²) in [7, 11) is 0. The molecule has 0 radical (unpaired) electrons. The highest BCUT2D eigenvalue weighted by atomic mass is 19.1. The second-order valence-corrected chi connectivity index (χ2v) is 5.16. The van der Waals surface area contributed by atoms with Crippen LogP contribution in [0.25, 0.3) is 11.4 Å². The number of ether oxygens (including phenoxy) is 1. The topological polar surface area (TPSA) is 39.9 Å². The summed E-state index contributed by atoms with van der Waals surface area (Å²) in [5.41, 5.74) is 2.49. The molecule has 100 valence electrons. The third-order valence-electron chi connectivity index (χ3n) is 3.39. The Morgan fingerprint density at radius 2 is 2.21 bits per heavy atom. The Hall–Kier alpha value is -1.75. The monoisotopic (exact) mass is 261 g/mol. The Labute approximate surface area is 111 Å². The fourth-order valence-corrected chi connectivity index (χ4v) is 2.20. The minimum Gasteiger partial charge on any atom is -0.370 e. The Bertz CT molecular complexity index is 577. The number of nitrogens with zero attached hydrogens (tertiary/aromatic N) is 3. The summed E-state index contributed by atoms with van der Waals surface area (Å²) in [5.74, 6) is 0.126. The summed E-state index contributed by atoms with van der Waals surface area (Å²) in [4.78, 5) is 4.05. The van der Waals surface area contributed by atoms with Gasteiger partial charge in [0.2, 0.25) is 0 Å². The summed E-state index contributed by atoms with van der Waals surface area (Å²) < 4.78 is 20.6. The standard InChI is InChI=1S/C14H16FN3O/c1-9(2)14-7-18-11(8-19-14)5-13(17-18)12-4-3-10(15)6-16-12/h3-6,9,14H,7-8H2,1-2H3. The van der Waals surface area contributed by atoms with Gasteiger partial charge in [0, 0.05) is 0 Å². The molecule has 0 saturated carbocycles. The zero-order valence-electron chi connectivity index (χ0n) is 11.0. The second kappa shape index (κ2) is 4.74. The molecule has 0 aliphatic carbocycles. The molecule has 4 nitrogen and oxygen atoms in total. The predicted molar refractivity (Wildman–Crippen MR) is 68.8 cm³/mol. The number of aromatic nitrogens is 3. The fourth-order valence-electron chi connectivity index (χ4n) is 2.20. The van der Waals surface area contributed by atoms with E-state index in [0.29, 0.717) is 18.2 Å². The molecule has 5 heteroatoms. The predicted octanol–water partition coefficient (Wildman–Crippen LogP) is 2.64. The van der Waals surface area contributed by atoms with Gasteiger partial charge < -0.3 is 4.74 Å². The number of halogens is 1. The van der Waals surface area contributed by atoms with Crippen LogP contribution in [0, 0.1) is 11.7 Å². The zero-order chi connectivity index (χ0) is 13.4. The van der Waals surface area contributed by atoms with Crippen LogP contribution in [0.5, 0.6) is 0 Å². The van der Waals surface area contributed by atoms with Crippen LogP contribution in [0.1, 0.15) is 19.5 Å². The van der Waals surface area contributed by atoms with Crippen molar-refractivity contribution in [3.63, 3.8) is 0 Å². The maximum Gasteiger partial charge on any atom is 0.141 e. The summed E-state index contributed by atoms with van der Waals surface area (Å²) in [6.07, 6.45) is 1.41. The van der Waals surface area contributed by atoms with Gasteiger partial charge in [0.05, 0.1) is 36.8 Å². The van der Waals surface area contributed by atoms with E-state index < -0.39 is 0 Å². The van der Waals surface area contributed by atoms with Gasteiger partial charge in [0.1, 0.15) is 11.5 Å². The summed E-state index contributed by atoms with van der Waals surface area (Å²) >= 11 is 0. The van der Waals surface area contributed by atoms with E-state index in [1.165, 1.54) is 12.3 Å². The van der Waals surface area contributed by atoms with Crippen molar-refractivity contribution in [3.8, 4) is 11.4 Å². The highest BCUT2D eigenvalue weighted by molar-refractivity contribution is 5.54. The lowest BCUT2D eigenvalue weighted by atomic mass is 10.1. The van der Waals surface area contributed by atoms with Gasteiger partial charge in [-0.15, -0.1) is 0 Å². The molecule has 1 unspecified atom stereocenters. The quantitative estimate of drug-likeness (QED) is 0.834. The lowest BCUT2D eigenvalue weighted by Crippen LogP contribution is -2.31. The van der Waals surface area contributed by atoms with Crippen LogP contribution in [-0.2, 0) is 17.9 Å². The third kappa shape index (κ3) is 2.38. The minimum atomic E-state index is -0.337. The van der Waals surface area contributed by atoms with E-state index in [9.17, 15) is 4.39 Å². The average molecular weight is 261 g/mol. The molecule has 3 heterocycles. The van der Waals surface area contributed by atoms with E-state index in [-0.39, 0.29) is 11.9 Å². The van der Waals surface area contributed by atoms with Crippen molar-refractivity contribution in [3.05, 3.63) is 35.9 Å². The molecule has 1 atom stereocenters. The molecule has 0 spiro atoms. The van der Waals surface area contributed by atoms with E-state index in [1.54, 1.807) is 6.07 Å². The van der Waals surface area contributed by atoms with Gasteiger partial charge in [0.25, 0.3) is 0 Å². The van der Waals surface area contributed by atoms with Crippen LogP contribution >= 0.6 is 0 Å². The smallest absolute Gasteiger partial charge is 0.141 e. The largest absolute Gasteiger partial charge is 0.370 e. The summed E-state index contributed by atoms with van der Waals surface area (Å²) in [5, 5.41) is 4.54. The van der Waals surface area contributed by atoms with E-state index in [2.05, 4.69) is 23.9 Å². The van der Waals surface area contributed by atoms with Gasteiger partial charge in [-0.3, -0.25) is 9.67 Å². The minimum absolute atomic E-state index is 0.196. The summed E-state index contributed by atoms with van der Waals surface area (Å²) in [6, 6.07) is 5.00. The maximum atomic E-state index is 12.9. The molecule has 0 fully saturated rings. The van der Waals surface area contributed by atoms with E-state index in [4.69, 9.17) is 4.74 Å². The molecular formula is C14H16FN3O. The molecule has 0 aromatic carbocycles. The van der Waals surface area contributed by atoms with Crippen molar-refractivity contribution >= 4 is 0 Å². The molecule has 2 aromatic rings. The van der Waals surface area contributed by atoms with Crippen molar-refractivity contribution in [2.24, 2.45) is 5.92 Å². The zero-order valence-corrected chi connectivity index (χ0v) is 11.0. The Morgan fingerprint density at radius 3 is 2.89 bits per heavy atom. The van der Waals surface area contributed by atoms with Crippen molar-refractivity contribution in [2.45, 2.75) is 33.1 Å². The number of fused-ring (bicyclic) bond motifs is 1. The molecule has 1 aliphatic heterocycles. The van der Waals surface area contributed by atoms with Crippen LogP contribution < -0.4 is 0 Å². The van der Waals surface area contributed by atoms with Gasteiger partial charge in [0.15, 0.2) is 0 Å². The second-order valence-electron chi connectivity index (χ2n) is 5.16. The van der Waals surface area contributed by atoms with Gasteiger partial charge in [-0.25, -0.2) is 4.39 Å². The average Bonchev–Trinajstić information content (AvgIpc) is 2.82. The number of hydrogen-bond acceptors (Lipinski definition) is 3. The van der Waals surface area contributed by atoms with Gasteiger partial charge in [-0.05, 0) is 24.1 Å². The third-order valence-corrected chi connectivity index (χ3v) is 3.39. The first-order chi connectivity index (χ1) is 9.13. The first-order valence-corrected chi connectivity index (χ1v) is 6.44. The fraction of sp³-hybridized carbons (Fsp3) is 0.429. The van der Waals surface area contributed by atoms with Crippen molar-refractivity contribution in [1.82, 2.24) is 14.8 Å². The SMILES string of the molecule is CC(C)C1Cn2nc(-c3ccc(F)cn3)cc2CO1. The first kappa shape index (κ1) is 12.3. The van der Waals surface area contributed by atoms with Crippen molar-refractivity contribution in [2.75, 3.05) is 0 Å². The Kier molecular flexibility index (Phi) is 3.06. The molecule has 19 heavy (non-hydrogen) atoms. The highest BCUT2D eigenvalue weighted by Crippen LogP contribution is 2.23. The normalized spacial score (nSPS) is 18.6.